The molecule has 0 bridgehead atoms. The number of esters is 1. The van der Waals surface area contributed by atoms with Crippen LogP contribution in [0.25, 0.3) is 0 Å². The van der Waals surface area contributed by atoms with Gasteiger partial charge in [-0.1, -0.05) is 48.1 Å². The number of carbonyl (C=O) groups excluding carboxylic acids is 1. The molecule has 1 aliphatic heterocycles. The standard InChI is InChI=1S/C22H44O6Si2/c1-14-16(23)26-17-15(2)25-20(24-9)19(28-30(12,13)22(6,7)8)18(17)27-29(10,11)21(3,4)5/h14-15,17-20H,1H2,2-13H3/t15-,17-,18+,19-,20+/m1/s1. The number of methoxy groups -OCH3 is 1. The van der Waals surface area contributed by atoms with E-state index in [1.165, 1.54) is 6.08 Å². The fourth-order valence-electron chi connectivity index (χ4n) is 2.80. The summed E-state index contributed by atoms with van der Waals surface area (Å²) in [4.78, 5) is 12.1. The summed E-state index contributed by atoms with van der Waals surface area (Å²) in [6.07, 6.45) is -1.48. The fourth-order valence-corrected chi connectivity index (χ4v) is 5.38. The van der Waals surface area contributed by atoms with Crippen LogP contribution in [0.5, 0.6) is 0 Å². The van der Waals surface area contributed by atoms with Gasteiger partial charge in [0.25, 0.3) is 0 Å². The average molecular weight is 461 g/mol. The summed E-state index contributed by atoms with van der Waals surface area (Å²) in [6.45, 7) is 27.3. The number of hydrogen-bond acceptors (Lipinski definition) is 6. The second-order valence-electron chi connectivity index (χ2n) is 11.2. The van der Waals surface area contributed by atoms with Crippen LogP contribution in [0.4, 0.5) is 0 Å². The van der Waals surface area contributed by atoms with Crippen molar-refractivity contribution in [1.29, 1.82) is 0 Å². The molecule has 1 fully saturated rings. The molecule has 0 spiro atoms. The maximum absolute atomic E-state index is 12.1. The number of rotatable bonds is 7. The van der Waals surface area contributed by atoms with Gasteiger partial charge in [-0.05, 0) is 43.2 Å². The van der Waals surface area contributed by atoms with E-state index >= 15 is 0 Å². The van der Waals surface area contributed by atoms with Crippen molar-refractivity contribution in [3.63, 3.8) is 0 Å². The average Bonchev–Trinajstić information content (AvgIpc) is 2.57. The van der Waals surface area contributed by atoms with Crippen LogP contribution in [0, 0.1) is 0 Å². The summed E-state index contributed by atoms with van der Waals surface area (Å²) < 4.78 is 31.1. The first-order chi connectivity index (χ1) is 13.4. The van der Waals surface area contributed by atoms with Crippen molar-refractivity contribution in [2.75, 3.05) is 7.11 Å². The molecule has 176 valence electrons. The molecule has 0 aromatic heterocycles. The Balaban J connectivity index is 3.47. The highest BCUT2D eigenvalue weighted by Crippen LogP contribution is 2.43. The lowest BCUT2D eigenvalue weighted by atomic mass is 9.99. The smallest absolute Gasteiger partial charge is 0.330 e. The number of ether oxygens (including phenoxy) is 3. The molecule has 1 saturated heterocycles. The Kier molecular flexibility index (Phi) is 8.75. The highest BCUT2D eigenvalue weighted by Gasteiger charge is 2.54. The van der Waals surface area contributed by atoms with Crippen LogP contribution < -0.4 is 0 Å². The zero-order chi connectivity index (χ0) is 23.7. The van der Waals surface area contributed by atoms with Gasteiger partial charge in [0.2, 0.25) is 0 Å². The van der Waals surface area contributed by atoms with Crippen molar-refractivity contribution in [3.05, 3.63) is 12.7 Å². The maximum Gasteiger partial charge on any atom is 0.330 e. The van der Waals surface area contributed by atoms with Gasteiger partial charge in [0.15, 0.2) is 29.0 Å². The van der Waals surface area contributed by atoms with Gasteiger partial charge in [0.1, 0.15) is 12.2 Å². The van der Waals surface area contributed by atoms with E-state index in [1.54, 1.807) is 7.11 Å². The Labute approximate surface area is 185 Å². The monoisotopic (exact) mass is 460 g/mol. The zero-order valence-corrected chi connectivity index (χ0v) is 23.1. The first-order valence-corrected chi connectivity index (χ1v) is 16.6. The summed E-state index contributed by atoms with van der Waals surface area (Å²) in [6, 6.07) is 0. The van der Waals surface area contributed by atoms with Crippen molar-refractivity contribution < 1.29 is 27.9 Å². The largest absolute Gasteiger partial charge is 0.454 e. The van der Waals surface area contributed by atoms with E-state index in [-0.39, 0.29) is 10.1 Å². The van der Waals surface area contributed by atoms with Crippen LogP contribution >= 0.6 is 0 Å². The Morgan fingerprint density at radius 2 is 1.33 bits per heavy atom. The van der Waals surface area contributed by atoms with Crippen molar-refractivity contribution in [2.45, 2.75) is 115 Å². The van der Waals surface area contributed by atoms with Gasteiger partial charge in [0, 0.05) is 13.2 Å². The molecule has 0 saturated carbocycles. The van der Waals surface area contributed by atoms with E-state index in [9.17, 15) is 4.79 Å². The van der Waals surface area contributed by atoms with Crippen molar-refractivity contribution >= 4 is 22.6 Å². The molecule has 0 unspecified atom stereocenters. The second-order valence-corrected chi connectivity index (χ2v) is 20.7. The third-order valence-corrected chi connectivity index (χ3v) is 15.8. The molecular formula is C22H44O6Si2. The molecule has 1 aliphatic rings. The van der Waals surface area contributed by atoms with Gasteiger partial charge >= 0.3 is 5.97 Å². The van der Waals surface area contributed by atoms with E-state index in [2.05, 4.69) is 74.3 Å². The van der Waals surface area contributed by atoms with Crippen molar-refractivity contribution in [1.82, 2.24) is 0 Å². The number of carbonyl (C=O) groups is 1. The van der Waals surface area contributed by atoms with Crippen LogP contribution in [0.3, 0.4) is 0 Å². The molecule has 6 nitrogen and oxygen atoms in total. The van der Waals surface area contributed by atoms with Gasteiger partial charge in [-0.15, -0.1) is 0 Å². The lowest BCUT2D eigenvalue weighted by molar-refractivity contribution is -0.282. The first kappa shape index (κ1) is 27.5. The lowest BCUT2D eigenvalue weighted by Crippen LogP contribution is -2.65. The van der Waals surface area contributed by atoms with E-state index in [1.807, 2.05) is 6.92 Å². The summed E-state index contributed by atoms with van der Waals surface area (Å²) in [5, 5.41) is -0.0329. The van der Waals surface area contributed by atoms with Crippen molar-refractivity contribution in [2.24, 2.45) is 0 Å². The van der Waals surface area contributed by atoms with E-state index in [0.717, 1.165) is 0 Å². The van der Waals surface area contributed by atoms with Crippen LogP contribution in [0.1, 0.15) is 48.5 Å². The normalized spacial score (nSPS) is 28.9. The summed E-state index contributed by atoms with van der Waals surface area (Å²) in [5.74, 6) is -0.499. The zero-order valence-electron chi connectivity index (χ0n) is 21.1. The molecule has 0 aromatic rings. The third-order valence-electron chi connectivity index (χ3n) is 6.85. The molecule has 0 aromatic carbocycles. The Bertz CT molecular complexity index is 606. The minimum Gasteiger partial charge on any atom is -0.454 e. The fraction of sp³-hybridized carbons (Fsp3) is 0.864. The van der Waals surface area contributed by atoms with Gasteiger partial charge in [0.05, 0.1) is 6.10 Å². The van der Waals surface area contributed by atoms with Gasteiger partial charge in [-0.2, -0.15) is 0 Å². The summed E-state index contributed by atoms with van der Waals surface area (Å²) in [5.41, 5.74) is 0. The van der Waals surface area contributed by atoms with Crippen LogP contribution in [-0.4, -0.2) is 60.4 Å². The van der Waals surface area contributed by atoms with E-state index < -0.39 is 53.3 Å². The van der Waals surface area contributed by atoms with Gasteiger partial charge in [-0.25, -0.2) is 4.79 Å². The minimum absolute atomic E-state index is 0.0107. The maximum atomic E-state index is 12.1. The van der Waals surface area contributed by atoms with Crippen LogP contribution in [0.15, 0.2) is 12.7 Å². The first-order valence-electron chi connectivity index (χ1n) is 10.7. The second kappa shape index (κ2) is 9.54. The summed E-state index contributed by atoms with van der Waals surface area (Å²) in [7, 11) is -2.81. The Hall–Kier alpha value is -0.516. The van der Waals surface area contributed by atoms with Crippen LogP contribution in [0.2, 0.25) is 36.3 Å². The number of hydrogen-bond donors (Lipinski definition) is 0. The Morgan fingerprint density at radius 1 is 0.900 bits per heavy atom. The molecule has 30 heavy (non-hydrogen) atoms. The van der Waals surface area contributed by atoms with E-state index in [0.29, 0.717) is 0 Å². The molecule has 5 atom stereocenters. The highest BCUT2D eigenvalue weighted by molar-refractivity contribution is 6.74. The molecule has 0 radical (unpaired) electrons. The third kappa shape index (κ3) is 6.26. The topological polar surface area (TPSA) is 63.2 Å². The van der Waals surface area contributed by atoms with Gasteiger partial charge < -0.3 is 23.1 Å². The lowest BCUT2D eigenvalue weighted by Gasteiger charge is -2.51. The molecule has 0 N–H and O–H groups in total. The van der Waals surface area contributed by atoms with Crippen molar-refractivity contribution in [3.8, 4) is 0 Å². The summed E-state index contributed by atoms with van der Waals surface area (Å²) >= 11 is 0. The molecular weight excluding hydrogens is 416 g/mol. The minimum atomic E-state index is -2.22. The quantitative estimate of drug-likeness (QED) is 0.293. The predicted molar refractivity (Wildman–Crippen MR) is 126 cm³/mol. The van der Waals surface area contributed by atoms with E-state index in [4.69, 9.17) is 23.1 Å². The van der Waals surface area contributed by atoms with Crippen LogP contribution in [-0.2, 0) is 27.9 Å². The van der Waals surface area contributed by atoms with Gasteiger partial charge in [-0.3, -0.25) is 0 Å². The molecule has 1 rings (SSSR count). The Morgan fingerprint density at radius 3 is 1.70 bits per heavy atom. The highest BCUT2D eigenvalue weighted by atomic mass is 28.4. The SMILES string of the molecule is C=CC(=O)O[C@H]1[C@H](O[Si](C)(C)C(C)(C)C)[C@@H](O[Si](C)(C)C(C)(C)C)[C@@H](OC)O[C@@H]1C. The predicted octanol–water partition coefficient (Wildman–Crippen LogP) is 5.26. The molecule has 1 heterocycles. The molecule has 0 aliphatic carbocycles. The molecule has 8 heteroatoms. The molecule has 0 amide bonds.